The first kappa shape index (κ1) is 16.6. The summed E-state index contributed by atoms with van der Waals surface area (Å²) in [6.45, 7) is 0.875. The molecule has 8 heteroatoms. The normalized spacial score (nSPS) is 11.5. The van der Waals surface area contributed by atoms with Crippen LogP contribution in [0.5, 0.6) is 11.5 Å². The molecule has 1 rings (SSSR count). The quantitative estimate of drug-likeness (QED) is 0.187. The van der Waals surface area contributed by atoms with E-state index in [-0.39, 0.29) is 23.8 Å². The van der Waals surface area contributed by atoms with E-state index in [0.29, 0.717) is 31.5 Å². The molecule has 1 aromatic rings. The molecule has 21 heavy (non-hydrogen) atoms. The van der Waals surface area contributed by atoms with E-state index in [4.69, 9.17) is 11.3 Å². The summed E-state index contributed by atoms with van der Waals surface area (Å²) in [5, 5.41) is 24.7. The average molecular weight is 293 g/mol. The Balaban J connectivity index is 2.33. The minimum absolute atomic E-state index is 0.211. The van der Waals surface area contributed by atoms with Crippen molar-refractivity contribution in [2.45, 2.75) is 25.3 Å². The minimum Gasteiger partial charge on any atom is -0.504 e. The smallest absolute Gasteiger partial charge is 0.237 e. The average Bonchev–Trinajstić information content (AvgIpc) is 2.46. The molecule has 0 fully saturated rings. The lowest BCUT2D eigenvalue weighted by atomic mass is 10.1. The number of carbonyl (C=O) groups excluding carboxylic acids is 1. The second-order valence-electron chi connectivity index (χ2n) is 4.59. The van der Waals surface area contributed by atoms with Gasteiger partial charge in [0.25, 0.3) is 0 Å². The summed E-state index contributed by atoms with van der Waals surface area (Å²) in [4.78, 5) is 14.4. The number of benzene rings is 1. The summed E-state index contributed by atoms with van der Waals surface area (Å²) in [7, 11) is 0. The fourth-order valence-corrected chi connectivity index (χ4v) is 1.74. The van der Waals surface area contributed by atoms with Gasteiger partial charge in [-0.25, -0.2) is 0 Å². The minimum atomic E-state index is -0.730. The molecular weight excluding hydrogens is 274 g/mol. The van der Waals surface area contributed by atoms with Gasteiger partial charge in [-0.2, -0.15) is 0 Å². The predicted molar refractivity (Wildman–Crippen MR) is 77.7 cm³/mol. The number of azide groups is 1. The summed E-state index contributed by atoms with van der Waals surface area (Å²) in [6.07, 6.45) is 1.67. The molecule has 0 aliphatic heterocycles. The van der Waals surface area contributed by atoms with Crippen molar-refractivity contribution >= 4 is 5.91 Å². The number of hydrogen-bond acceptors (Lipinski definition) is 5. The second kappa shape index (κ2) is 8.68. The molecule has 5 N–H and O–H groups in total. The summed E-state index contributed by atoms with van der Waals surface area (Å²) in [5.41, 5.74) is 14.5. The molecule has 0 bridgehead atoms. The van der Waals surface area contributed by atoms with E-state index in [1.165, 1.54) is 12.1 Å². The molecule has 8 nitrogen and oxygen atoms in total. The zero-order chi connectivity index (χ0) is 15.7. The lowest BCUT2D eigenvalue weighted by molar-refractivity contribution is -0.122. The number of carbonyl (C=O) groups is 1. The van der Waals surface area contributed by atoms with Crippen molar-refractivity contribution in [2.24, 2.45) is 10.8 Å². The molecule has 1 aromatic carbocycles. The number of rotatable bonds is 8. The third-order valence-electron chi connectivity index (χ3n) is 2.88. The summed E-state index contributed by atoms with van der Waals surface area (Å²) in [6, 6.07) is 3.60. The van der Waals surface area contributed by atoms with Crippen molar-refractivity contribution in [1.82, 2.24) is 5.32 Å². The van der Waals surface area contributed by atoms with Gasteiger partial charge in [-0.15, -0.1) is 0 Å². The van der Waals surface area contributed by atoms with Crippen LogP contribution < -0.4 is 11.1 Å². The number of nitrogens with two attached hydrogens (primary N) is 1. The van der Waals surface area contributed by atoms with Crippen LogP contribution in [0.25, 0.3) is 10.4 Å². The third-order valence-corrected chi connectivity index (χ3v) is 2.88. The Morgan fingerprint density at radius 3 is 2.81 bits per heavy atom. The van der Waals surface area contributed by atoms with E-state index in [0.717, 1.165) is 0 Å². The van der Waals surface area contributed by atoms with E-state index in [1.807, 2.05) is 0 Å². The highest BCUT2D eigenvalue weighted by Gasteiger charge is 2.14. The maximum absolute atomic E-state index is 11.8. The largest absolute Gasteiger partial charge is 0.504 e. The number of unbranched alkanes of at least 4 members (excludes halogenated alkanes) is 1. The van der Waals surface area contributed by atoms with E-state index < -0.39 is 6.04 Å². The molecule has 0 unspecified atom stereocenters. The highest BCUT2D eigenvalue weighted by Crippen LogP contribution is 2.25. The first-order valence-electron chi connectivity index (χ1n) is 6.59. The Bertz CT molecular complexity index is 529. The van der Waals surface area contributed by atoms with Crippen LogP contribution in [-0.2, 0) is 11.2 Å². The van der Waals surface area contributed by atoms with E-state index >= 15 is 0 Å². The Kier molecular flexibility index (Phi) is 6.86. The number of hydrogen-bond donors (Lipinski definition) is 4. The molecule has 0 heterocycles. The van der Waals surface area contributed by atoms with Crippen molar-refractivity contribution in [3.05, 3.63) is 34.2 Å². The summed E-state index contributed by atoms with van der Waals surface area (Å²) in [5.74, 6) is -0.735. The highest BCUT2D eigenvalue weighted by molar-refractivity contribution is 5.81. The summed E-state index contributed by atoms with van der Waals surface area (Å²) >= 11 is 0. The lowest BCUT2D eigenvalue weighted by Crippen LogP contribution is -2.42. The maximum Gasteiger partial charge on any atom is 0.237 e. The molecule has 1 amide bonds. The zero-order valence-electron chi connectivity index (χ0n) is 11.6. The van der Waals surface area contributed by atoms with E-state index in [2.05, 4.69) is 15.3 Å². The van der Waals surface area contributed by atoms with Gasteiger partial charge in [0.2, 0.25) is 5.91 Å². The Morgan fingerprint density at radius 2 is 2.14 bits per heavy atom. The Morgan fingerprint density at radius 1 is 1.38 bits per heavy atom. The molecule has 0 aliphatic rings. The van der Waals surface area contributed by atoms with Gasteiger partial charge in [0.15, 0.2) is 11.5 Å². The second-order valence-corrected chi connectivity index (χ2v) is 4.59. The molecule has 0 saturated carbocycles. The van der Waals surface area contributed by atoms with Crippen LogP contribution in [0.3, 0.4) is 0 Å². The van der Waals surface area contributed by atoms with Crippen molar-refractivity contribution in [1.29, 1.82) is 0 Å². The fraction of sp³-hybridized carbons (Fsp3) is 0.462. The first-order valence-corrected chi connectivity index (χ1v) is 6.59. The third kappa shape index (κ3) is 6.03. The van der Waals surface area contributed by atoms with Gasteiger partial charge in [0.05, 0.1) is 6.04 Å². The number of nitrogens with one attached hydrogen (secondary N) is 1. The standard InChI is InChI=1S/C13H19N5O3/c14-10(7-9-3-4-11(19)12(20)8-9)13(21)16-5-1-2-6-17-18-15/h3-4,8,10,19-20H,1-2,5-7,14H2,(H,16,21)/t10-/m0/s1. The number of phenols is 2. The molecule has 114 valence electrons. The topological polar surface area (TPSA) is 144 Å². The van der Waals surface area contributed by atoms with E-state index in [9.17, 15) is 15.0 Å². The van der Waals surface area contributed by atoms with Crippen LogP contribution in [-0.4, -0.2) is 35.3 Å². The maximum atomic E-state index is 11.8. The number of amides is 1. The summed E-state index contributed by atoms with van der Waals surface area (Å²) < 4.78 is 0. The Hall–Kier alpha value is -2.44. The number of aromatic hydroxyl groups is 2. The van der Waals surface area contributed by atoms with Crippen molar-refractivity contribution in [2.75, 3.05) is 13.1 Å². The van der Waals surface area contributed by atoms with E-state index in [1.54, 1.807) is 6.07 Å². The van der Waals surface area contributed by atoms with Gasteiger partial charge >= 0.3 is 0 Å². The highest BCUT2D eigenvalue weighted by atomic mass is 16.3. The molecule has 0 saturated heterocycles. The first-order chi connectivity index (χ1) is 10.0. The van der Waals surface area contributed by atoms with Gasteiger partial charge in [-0.1, -0.05) is 11.2 Å². The van der Waals surface area contributed by atoms with Crippen LogP contribution in [0.15, 0.2) is 23.3 Å². The number of nitrogens with zero attached hydrogens (tertiary/aromatic N) is 3. The molecule has 0 spiro atoms. The number of phenolic OH excluding ortho intramolecular Hbond substituents is 2. The van der Waals surface area contributed by atoms with Gasteiger partial charge < -0.3 is 21.3 Å². The molecular formula is C13H19N5O3. The van der Waals surface area contributed by atoms with Crippen molar-refractivity contribution in [3.63, 3.8) is 0 Å². The van der Waals surface area contributed by atoms with Crippen molar-refractivity contribution in [3.8, 4) is 11.5 Å². The monoisotopic (exact) mass is 293 g/mol. The molecule has 0 aliphatic carbocycles. The molecule has 1 atom stereocenters. The van der Waals surface area contributed by atoms with Crippen LogP contribution >= 0.6 is 0 Å². The molecule has 0 aromatic heterocycles. The van der Waals surface area contributed by atoms with Gasteiger partial charge in [0.1, 0.15) is 0 Å². The zero-order valence-corrected chi connectivity index (χ0v) is 11.6. The Labute approximate surface area is 122 Å². The predicted octanol–water partition coefficient (Wildman–Crippen LogP) is 1.17. The van der Waals surface area contributed by atoms with Crippen LogP contribution in [0.1, 0.15) is 18.4 Å². The van der Waals surface area contributed by atoms with Gasteiger partial charge in [0, 0.05) is 18.0 Å². The van der Waals surface area contributed by atoms with Crippen LogP contribution in [0, 0.1) is 0 Å². The van der Waals surface area contributed by atoms with Crippen molar-refractivity contribution < 1.29 is 15.0 Å². The van der Waals surface area contributed by atoms with Gasteiger partial charge in [-0.3, -0.25) is 4.79 Å². The van der Waals surface area contributed by atoms with Crippen LogP contribution in [0.4, 0.5) is 0 Å². The van der Waals surface area contributed by atoms with Gasteiger partial charge in [-0.05, 0) is 42.5 Å². The fourth-order valence-electron chi connectivity index (χ4n) is 1.74. The lowest BCUT2D eigenvalue weighted by Gasteiger charge is -2.12. The molecule has 0 radical (unpaired) electrons. The van der Waals surface area contributed by atoms with Crippen LogP contribution in [0.2, 0.25) is 0 Å². The SMILES string of the molecule is [N-]=[N+]=NCCCCNC(=O)[C@@H](N)Cc1ccc(O)c(O)c1.